The number of rotatable bonds is 5. The van der Waals surface area contributed by atoms with Gasteiger partial charge in [0.2, 0.25) is 0 Å². The summed E-state index contributed by atoms with van der Waals surface area (Å²) < 4.78 is 0. The quantitative estimate of drug-likeness (QED) is 0.368. The van der Waals surface area contributed by atoms with Crippen LogP contribution in [0, 0.1) is 11.3 Å². The number of hydrogen-bond donors (Lipinski definition) is 3. The van der Waals surface area contributed by atoms with E-state index in [1.807, 2.05) is 6.07 Å². The molecule has 2 aromatic carbocycles. The molecule has 0 unspecified atom stereocenters. The van der Waals surface area contributed by atoms with Crippen molar-refractivity contribution >= 4 is 29.0 Å². The molecule has 0 saturated carbocycles. The van der Waals surface area contributed by atoms with E-state index >= 15 is 0 Å². The third-order valence-corrected chi connectivity index (χ3v) is 6.98. The zero-order valence-corrected chi connectivity index (χ0v) is 20.6. The van der Waals surface area contributed by atoms with Gasteiger partial charge < -0.3 is 20.6 Å². The fourth-order valence-corrected chi connectivity index (χ4v) is 4.87. The summed E-state index contributed by atoms with van der Waals surface area (Å²) >= 11 is 1.28. The number of nitrogens with zero attached hydrogens (tertiary/aromatic N) is 3. The number of phenols is 1. The van der Waals surface area contributed by atoms with Gasteiger partial charge in [-0.15, -0.1) is 11.3 Å². The summed E-state index contributed by atoms with van der Waals surface area (Å²) in [5, 5.41) is 28.4. The number of phenolic OH excluding ortho intramolecular Hbond substituents is 1. The highest BCUT2D eigenvalue weighted by Crippen LogP contribution is 2.36. The Bertz CT molecular complexity index is 1500. The van der Waals surface area contributed by atoms with E-state index in [0.717, 1.165) is 13.1 Å². The number of carbonyl (C=O) groups excluding carboxylic acids is 2. The monoisotopic (exact) mass is 509 g/mol. The molecular formula is C28H23N5O3S. The standard InChI is InChI=1S/C28H23N5O3S/c29-17-22-21(18-5-3-6-19(15-18)28(36)33-12-10-30-11-13-33)16-23(20-7-1-2-8-24(20)34)31-26(22)32-27(35)25-9-4-14-37-25/h1-9,14-16,30,34H,10-13H2,(H,31,32,35). The Morgan fingerprint density at radius 3 is 2.57 bits per heavy atom. The molecule has 37 heavy (non-hydrogen) atoms. The van der Waals surface area contributed by atoms with E-state index in [-0.39, 0.29) is 28.9 Å². The summed E-state index contributed by atoms with van der Waals surface area (Å²) in [6.07, 6.45) is 0. The van der Waals surface area contributed by atoms with Gasteiger partial charge in [-0.3, -0.25) is 9.59 Å². The molecule has 184 valence electrons. The van der Waals surface area contributed by atoms with Gasteiger partial charge in [0, 0.05) is 42.9 Å². The average Bonchev–Trinajstić information content (AvgIpc) is 3.48. The molecule has 8 nitrogen and oxygen atoms in total. The predicted octanol–water partition coefficient (Wildman–Crippen LogP) is 4.35. The van der Waals surface area contributed by atoms with Gasteiger partial charge in [-0.1, -0.05) is 30.3 Å². The molecule has 9 heteroatoms. The Morgan fingerprint density at radius 1 is 1.03 bits per heavy atom. The largest absolute Gasteiger partial charge is 0.507 e. The normalized spacial score (nSPS) is 13.1. The highest BCUT2D eigenvalue weighted by atomic mass is 32.1. The van der Waals surface area contributed by atoms with E-state index in [2.05, 4.69) is 21.7 Å². The van der Waals surface area contributed by atoms with Crippen LogP contribution in [-0.4, -0.2) is 53.0 Å². The molecule has 2 aromatic heterocycles. The van der Waals surface area contributed by atoms with Crippen LogP contribution in [0.3, 0.4) is 0 Å². The van der Waals surface area contributed by atoms with Crippen LogP contribution in [0.5, 0.6) is 5.75 Å². The molecule has 0 bridgehead atoms. The molecule has 3 heterocycles. The number of para-hydroxylation sites is 1. The summed E-state index contributed by atoms with van der Waals surface area (Å²) in [5.74, 6) is -0.371. The number of aromatic nitrogens is 1. The number of amides is 2. The van der Waals surface area contributed by atoms with Crippen LogP contribution in [0.15, 0.2) is 72.1 Å². The van der Waals surface area contributed by atoms with E-state index < -0.39 is 0 Å². The van der Waals surface area contributed by atoms with Crippen molar-refractivity contribution < 1.29 is 14.7 Å². The van der Waals surface area contributed by atoms with Gasteiger partial charge in [-0.05, 0) is 47.3 Å². The zero-order chi connectivity index (χ0) is 25.8. The maximum atomic E-state index is 13.1. The Labute approximate surface area is 217 Å². The highest BCUT2D eigenvalue weighted by molar-refractivity contribution is 7.12. The molecule has 0 radical (unpaired) electrons. The first-order valence-corrected chi connectivity index (χ1v) is 12.6. The Morgan fingerprint density at radius 2 is 1.84 bits per heavy atom. The molecule has 4 aromatic rings. The molecule has 1 fully saturated rings. The summed E-state index contributed by atoms with van der Waals surface area (Å²) in [4.78, 5) is 32.8. The lowest BCUT2D eigenvalue weighted by atomic mass is 9.96. The lowest BCUT2D eigenvalue weighted by Crippen LogP contribution is -2.46. The molecule has 0 aliphatic carbocycles. The molecular weight excluding hydrogens is 486 g/mol. The van der Waals surface area contributed by atoms with Gasteiger partial charge in [0.1, 0.15) is 17.4 Å². The minimum absolute atomic E-state index is 0.0174. The van der Waals surface area contributed by atoms with Crippen LogP contribution in [-0.2, 0) is 0 Å². The number of anilines is 1. The Kier molecular flexibility index (Phi) is 6.94. The smallest absolute Gasteiger partial charge is 0.266 e. The number of hydrogen-bond acceptors (Lipinski definition) is 7. The van der Waals surface area contributed by atoms with Crippen LogP contribution in [0.4, 0.5) is 5.82 Å². The molecule has 0 atom stereocenters. The molecule has 1 aliphatic rings. The molecule has 1 aliphatic heterocycles. The van der Waals surface area contributed by atoms with Crippen LogP contribution in [0.1, 0.15) is 25.6 Å². The van der Waals surface area contributed by atoms with E-state index in [1.165, 1.54) is 11.3 Å². The molecule has 0 spiro atoms. The minimum Gasteiger partial charge on any atom is -0.507 e. The van der Waals surface area contributed by atoms with Crippen molar-refractivity contribution in [3.8, 4) is 34.2 Å². The van der Waals surface area contributed by atoms with Crippen LogP contribution in [0.25, 0.3) is 22.4 Å². The van der Waals surface area contributed by atoms with Gasteiger partial charge in [-0.2, -0.15) is 5.26 Å². The maximum Gasteiger partial charge on any atom is 0.266 e. The third-order valence-electron chi connectivity index (χ3n) is 6.11. The fraction of sp³-hybridized carbons (Fsp3) is 0.143. The lowest BCUT2D eigenvalue weighted by molar-refractivity contribution is 0.0735. The van der Waals surface area contributed by atoms with Crippen molar-refractivity contribution in [2.45, 2.75) is 0 Å². The average molecular weight is 510 g/mol. The van der Waals surface area contributed by atoms with Crippen LogP contribution < -0.4 is 10.6 Å². The van der Waals surface area contributed by atoms with E-state index in [1.54, 1.807) is 70.9 Å². The second-order valence-corrected chi connectivity index (χ2v) is 9.41. The van der Waals surface area contributed by atoms with Gasteiger partial charge >= 0.3 is 0 Å². The van der Waals surface area contributed by atoms with Gasteiger partial charge in [0.05, 0.1) is 10.6 Å². The molecule has 5 rings (SSSR count). The summed E-state index contributed by atoms with van der Waals surface area (Å²) in [6.45, 7) is 2.73. The van der Waals surface area contributed by atoms with Gasteiger partial charge in [0.15, 0.2) is 5.82 Å². The van der Waals surface area contributed by atoms with E-state index in [0.29, 0.717) is 45.9 Å². The topological polar surface area (TPSA) is 118 Å². The summed E-state index contributed by atoms with van der Waals surface area (Å²) in [7, 11) is 0. The zero-order valence-electron chi connectivity index (χ0n) is 19.8. The first kappa shape index (κ1) is 24.2. The molecule has 1 saturated heterocycles. The minimum atomic E-state index is -0.387. The van der Waals surface area contributed by atoms with Crippen molar-refractivity contribution in [2.75, 3.05) is 31.5 Å². The van der Waals surface area contributed by atoms with Crippen molar-refractivity contribution in [1.82, 2.24) is 15.2 Å². The van der Waals surface area contributed by atoms with Crippen molar-refractivity contribution in [2.24, 2.45) is 0 Å². The second-order valence-electron chi connectivity index (χ2n) is 8.46. The SMILES string of the molecule is N#Cc1c(-c2cccc(C(=O)N3CCNCC3)c2)cc(-c2ccccc2O)nc1NC(=O)c1cccs1. The van der Waals surface area contributed by atoms with Crippen molar-refractivity contribution in [1.29, 1.82) is 5.26 Å². The molecule has 2 amide bonds. The number of nitriles is 1. The number of thiophene rings is 1. The lowest BCUT2D eigenvalue weighted by Gasteiger charge is -2.27. The van der Waals surface area contributed by atoms with Crippen molar-refractivity contribution in [3.63, 3.8) is 0 Å². The second kappa shape index (κ2) is 10.6. The number of pyridine rings is 1. The Balaban J connectivity index is 1.62. The van der Waals surface area contributed by atoms with Crippen molar-refractivity contribution in [3.05, 3.63) is 88.1 Å². The number of piperazine rings is 1. The number of benzene rings is 2. The molecule has 3 N–H and O–H groups in total. The van der Waals surface area contributed by atoms with Crippen LogP contribution in [0.2, 0.25) is 0 Å². The first-order chi connectivity index (χ1) is 18.0. The number of aromatic hydroxyl groups is 1. The summed E-state index contributed by atoms with van der Waals surface area (Å²) in [5.41, 5.74) is 2.62. The van der Waals surface area contributed by atoms with E-state index in [9.17, 15) is 20.0 Å². The predicted molar refractivity (Wildman–Crippen MR) is 143 cm³/mol. The van der Waals surface area contributed by atoms with Gasteiger partial charge in [-0.25, -0.2) is 4.98 Å². The van der Waals surface area contributed by atoms with Gasteiger partial charge in [0.25, 0.3) is 11.8 Å². The summed E-state index contributed by atoms with van der Waals surface area (Å²) in [6, 6.07) is 21.1. The fourth-order valence-electron chi connectivity index (χ4n) is 4.25. The van der Waals surface area contributed by atoms with Crippen LogP contribution >= 0.6 is 11.3 Å². The first-order valence-electron chi connectivity index (χ1n) is 11.7. The highest BCUT2D eigenvalue weighted by Gasteiger charge is 2.22. The third kappa shape index (κ3) is 5.07. The van der Waals surface area contributed by atoms with E-state index in [4.69, 9.17) is 0 Å². The Hall–Kier alpha value is -4.52. The number of nitrogens with one attached hydrogen (secondary N) is 2. The number of carbonyl (C=O) groups is 2. The maximum absolute atomic E-state index is 13.1.